The van der Waals surface area contributed by atoms with Crippen LogP contribution in [0.1, 0.15) is 5.56 Å². The molecule has 0 saturated carbocycles. The summed E-state index contributed by atoms with van der Waals surface area (Å²) >= 11 is 0. The topological polar surface area (TPSA) is 49.9 Å². The lowest BCUT2D eigenvalue weighted by molar-refractivity contribution is 0.429. The second-order valence-corrected chi connectivity index (χ2v) is 5.80. The largest absolute Gasteiger partial charge is 0.493 e. The first-order chi connectivity index (χ1) is 12.3. The highest BCUT2D eigenvalue weighted by Gasteiger charge is 2.16. The van der Waals surface area contributed by atoms with Crippen LogP contribution in [0.15, 0.2) is 95.2 Å². The van der Waals surface area contributed by atoms with E-state index in [9.17, 15) is 5.11 Å². The van der Waals surface area contributed by atoms with Gasteiger partial charge in [-0.1, -0.05) is 66.7 Å². The van der Waals surface area contributed by atoms with Gasteiger partial charge in [0.15, 0.2) is 5.69 Å². The zero-order valence-electron chi connectivity index (χ0n) is 13.6. The Morgan fingerprint density at radius 1 is 0.720 bits per heavy atom. The van der Waals surface area contributed by atoms with E-state index in [2.05, 4.69) is 10.2 Å². The summed E-state index contributed by atoms with van der Waals surface area (Å²) in [5.41, 5.74) is 3.30. The Morgan fingerprint density at radius 3 is 2.12 bits per heavy atom. The van der Waals surface area contributed by atoms with Crippen molar-refractivity contribution in [2.45, 2.75) is 6.54 Å². The van der Waals surface area contributed by atoms with Crippen LogP contribution >= 0.6 is 0 Å². The Labute approximate surface area is 145 Å². The van der Waals surface area contributed by atoms with Crippen LogP contribution in [-0.2, 0) is 6.54 Å². The number of aromatic hydroxyl groups is 1. The van der Waals surface area contributed by atoms with Crippen molar-refractivity contribution in [1.82, 2.24) is 4.57 Å². The maximum Gasteiger partial charge on any atom is 0.221 e. The summed E-state index contributed by atoms with van der Waals surface area (Å²) in [6, 6.07) is 27.4. The van der Waals surface area contributed by atoms with Crippen molar-refractivity contribution >= 4 is 22.3 Å². The first kappa shape index (κ1) is 15.1. The van der Waals surface area contributed by atoms with Crippen LogP contribution < -0.4 is 0 Å². The van der Waals surface area contributed by atoms with Gasteiger partial charge < -0.3 is 9.67 Å². The summed E-state index contributed by atoms with van der Waals surface area (Å²) in [6.07, 6.45) is 0. The van der Waals surface area contributed by atoms with Gasteiger partial charge in [0.05, 0.1) is 17.7 Å². The van der Waals surface area contributed by atoms with Crippen LogP contribution in [0.3, 0.4) is 0 Å². The molecule has 0 aliphatic rings. The molecule has 0 bridgehead atoms. The quantitative estimate of drug-likeness (QED) is 0.472. The first-order valence-electron chi connectivity index (χ1n) is 8.14. The van der Waals surface area contributed by atoms with Gasteiger partial charge in [-0.25, -0.2) is 0 Å². The lowest BCUT2D eigenvalue weighted by atomic mass is 10.2. The smallest absolute Gasteiger partial charge is 0.221 e. The number of para-hydroxylation sites is 1. The van der Waals surface area contributed by atoms with Gasteiger partial charge in [0.2, 0.25) is 5.88 Å². The third-order valence-corrected chi connectivity index (χ3v) is 4.12. The van der Waals surface area contributed by atoms with Crippen molar-refractivity contribution in [1.29, 1.82) is 0 Å². The molecular weight excluding hydrogens is 310 g/mol. The second kappa shape index (κ2) is 6.61. The summed E-state index contributed by atoms with van der Waals surface area (Å²) in [7, 11) is 0. The maximum absolute atomic E-state index is 10.8. The van der Waals surface area contributed by atoms with Gasteiger partial charge in [-0.3, -0.25) is 0 Å². The lowest BCUT2D eigenvalue weighted by Crippen LogP contribution is -1.98. The number of aromatic nitrogens is 1. The highest BCUT2D eigenvalue weighted by molar-refractivity contribution is 5.95. The summed E-state index contributed by atoms with van der Waals surface area (Å²) in [6.45, 7) is 0.577. The predicted molar refractivity (Wildman–Crippen MR) is 99.8 cm³/mol. The van der Waals surface area contributed by atoms with Gasteiger partial charge in [-0.05, 0) is 23.8 Å². The van der Waals surface area contributed by atoms with Gasteiger partial charge in [-0.2, -0.15) is 5.11 Å². The SMILES string of the molecule is Oc1c(N=Nc2ccccc2)c2ccccc2n1Cc1ccccc1. The monoisotopic (exact) mass is 327 g/mol. The summed E-state index contributed by atoms with van der Waals surface area (Å²) < 4.78 is 1.87. The number of benzene rings is 3. The van der Waals surface area contributed by atoms with Crippen LogP contribution in [0.25, 0.3) is 10.9 Å². The lowest BCUT2D eigenvalue weighted by Gasteiger charge is -2.06. The Hall–Kier alpha value is -3.40. The van der Waals surface area contributed by atoms with Gasteiger partial charge >= 0.3 is 0 Å². The molecule has 3 aromatic carbocycles. The minimum absolute atomic E-state index is 0.129. The molecule has 0 aliphatic carbocycles. The normalized spacial score (nSPS) is 11.4. The molecule has 0 fully saturated rings. The average molecular weight is 327 g/mol. The molecule has 122 valence electrons. The number of hydrogen-bond donors (Lipinski definition) is 1. The van der Waals surface area contributed by atoms with Crippen molar-refractivity contribution in [3.05, 3.63) is 90.5 Å². The Bertz CT molecular complexity index is 1020. The van der Waals surface area contributed by atoms with Crippen LogP contribution in [0.4, 0.5) is 11.4 Å². The fourth-order valence-corrected chi connectivity index (χ4v) is 2.90. The van der Waals surface area contributed by atoms with Gasteiger partial charge in [0, 0.05) is 5.39 Å². The van der Waals surface area contributed by atoms with Crippen molar-refractivity contribution in [3.8, 4) is 5.88 Å². The summed E-state index contributed by atoms with van der Waals surface area (Å²) in [5.74, 6) is 0.129. The number of rotatable bonds is 4. The number of hydrogen-bond acceptors (Lipinski definition) is 3. The standard InChI is InChI=1S/C21H17N3O/c25-21-20(23-22-17-11-5-2-6-12-17)18-13-7-8-14-19(18)24(21)15-16-9-3-1-4-10-16/h1-14,25H,15H2. The van der Waals surface area contributed by atoms with E-state index in [1.807, 2.05) is 89.5 Å². The van der Waals surface area contributed by atoms with E-state index in [1.54, 1.807) is 0 Å². The Balaban J connectivity index is 1.80. The molecule has 1 aromatic heterocycles. The van der Waals surface area contributed by atoms with E-state index in [-0.39, 0.29) is 5.88 Å². The minimum Gasteiger partial charge on any atom is -0.493 e. The highest BCUT2D eigenvalue weighted by atomic mass is 16.3. The fraction of sp³-hybridized carbons (Fsp3) is 0.0476. The molecule has 25 heavy (non-hydrogen) atoms. The van der Waals surface area contributed by atoms with Crippen LogP contribution in [0.5, 0.6) is 5.88 Å². The molecule has 4 aromatic rings. The third-order valence-electron chi connectivity index (χ3n) is 4.12. The number of fused-ring (bicyclic) bond motifs is 1. The number of azo groups is 1. The molecule has 1 heterocycles. The first-order valence-corrected chi connectivity index (χ1v) is 8.14. The van der Waals surface area contributed by atoms with E-state index in [4.69, 9.17) is 0 Å². The molecule has 0 spiro atoms. The second-order valence-electron chi connectivity index (χ2n) is 5.80. The molecule has 0 amide bonds. The highest BCUT2D eigenvalue weighted by Crippen LogP contribution is 2.39. The van der Waals surface area contributed by atoms with Crippen LogP contribution in [0, 0.1) is 0 Å². The fourth-order valence-electron chi connectivity index (χ4n) is 2.90. The molecule has 0 radical (unpaired) electrons. The van der Waals surface area contributed by atoms with E-state index in [0.29, 0.717) is 12.2 Å². The molecule has 0 unspecified atom stereocenters. The predicted octanol–water partition coefficient (Wildman–Crippen LogP) is 5.81. The molecule has 4 heteroatoms. The van der Waals surface area contributed by atoms with Crippen molar-refractivity contribution in [2.24, 2.45) is 10.2 Å². The van der Waals surface area contributed by atoms with Crippen molar-refractivity contribution < 1.29 is 5.11 Å². The van der Waals surface area contributed by atoms with Gasteiger partial charge in [0.1, 0.15) is 0 Å². The average Bonchev–Trinajstić information content (AvgIpc) is 2.93. The van der Waals surface area contributed by atoms with Crippen molar-refractivity contribution in [3.63, 3.8) is 0 Å². The van der Waals surface area contributed by atoms with E-state index in [0.717, 1.165) is 22.2 Å². The molecule has 0 saturated heterocycles. The number of nitrogens with zero attached hydrogens (tertiary/aromatic N) is 3. The molecule has 4 rings (SSSR count). The Kier molecular flexibility index (Phi) is 4.01. The molecule has 0 aliphatic heterocycles. The maximum atomic E-state index is 10.8. The molecular formula is C21H17N3O. The van der Waals surface area contributed by atoms with E-state index in [1.165, 1.54) is 0 Å². The third kappa shape index (κ3) is 3.02. The summed E-state index contributed by atoms with van der Waals surface area (Å²) in [5, 5.41) is 20.2. The van der Waals surface area contributed by atoms with Gasteiger partial charge in [0.25, 0.3) is 0 Å². The summed E-state index contributed by atoms with van der Waals surface area (Å²) in [4.78, 5) is 0. The molecule has 0 atom stereocenters. The van der Waals surface area contributed by atoms with Crippen LogP contribution in [-0.4, -0.2) is 9.67 Å². The van der Waals surface area contributed by atoms with Crippen LogP contribution in [0.2, 0.25) is 0 Å². The van der Waals surface area contributed by atoms with E-state index >= 15 is 0 Å². The Morgan fingerprint density at radius 2 is 1.36 bits per heavy atom. The minimum atomic E-state index is 0.129. The van der Waals surface area contributed by atoms with Gasteiger partial charge in [-0.15, -0.1) is 5.11 Å². The molecule has 1 N–H and O–H groups in total. The zero-order chi connectivity index (χ0) is 17.1. The zero-order valence-corrected chi connectivity index (χ0v) is 13.6. The van der Waals surface area contributed by atoms with Crippen molar-refractivity contribution in [2.75, 3.05) is 0 Å². The van der Waals surface area contributed by atoms with E-state index < -0.39 is 0 Å². The molecule has 4 nitrogen and oxygen atoms in total.